The van der Waals surface area contributed by atoms with Gasteiger partial charge in [-0.15, -0.1) is 10.2 Å². The minimum absolute atomic E-state index is 0.342. The Kier molecular flexibility index (Phi) is 4.78. The van der Waals surface area contributed by atoms with Gasteiger partial charge >= 0.3 is 6.18 Å². The van der Waals surface area contributed by atoms with Crippen molar-refractivity contribution in [1.29, 1.82) is 0 Å². The molecule has 3 aromatic rings. The minimum Gasteiger partial charge on any atom is -0.271 e. The molecule has 9 heteroatoms. The summed E-state index contributed by atoms with van der Waals surface area (Å²) >= 11 is 3.37. The number of nitrogens with zero attached hydrogens (tertiary/aromatic N) is 5. The van der Waals surface area contributed by atoms with E-state index in [9.17, 15) is 13.2 Å². The smallest absolute Gasteiger partial charge is 0.271 e. The Morgan fingerprint density at radius 2 is 1.96 bits per heavy atom. The Morgan fingerprint density at radius 1 is 1.14 bits per heavy atom. The monoisotopic (exact) mass is 449 g/mol. The fourth-order valence-corrected chi connectivity index (χ4v) is 3.72. The van der Waals surface area contributed by atoms with E-state index in [2.05, 4.69) is 31.1 Å². The van der Waals surface area contributed by atoms with E-state index in [0.717, 1.165) is 18.6 Å². The summed E-state index contributed by atoms with van der Waals surface area (Å²) < 4.78 is 42.4. The third kappa shape index (κ3) is 3.23. The van der Waals surface area contributed by atoms with E-state index in [1.54, 1.807) is 29.0 Å². The highest BCUT2D eigenvalue weighted by Crippen LogP contribution is 2.37. The highest BCUT2D eigenvalue weighted by molar-refractivity contribution is 9.10. The van der Waals surface area contributed by atoms with Crippen LogP contribution in [0.5, 0.6) is 0 Å². The second-order valence-corrected chi connectivity index (χ2v) is 7.10. The van der Waals surface area contributed by atoms with Crippen LogP contribution in [0.15, 0.2) is 52.3 Å². The fraction of sp³-hybridized carbons (Fsp3) is 0.263. The van der Waals surface area contributed by atoms with Gasteiger partial charge in [-0.25, -0.2) is 0 Å². The molecule has 1 aliphatic rings. The molecule has 1 aliphatic heterocycles. The van der Waals surface area contributed by atoms with Crippen LogP contribution in [0.25, 0.3) is 5.69 Å². The second kappa shape index (κ2) is 7.12. The number of hydrogen-bond acceptors (Lipinski definition) is 4. The van der Waals surface area contributed by atoms with Crippen LogP contribution in [0.4, 0.5) is 13.2 Å². The van der Waals surface area contributed by atoms with Crippen molar-refractivity contribution < 1.29 is 13.2 Å². The quantitative estimate of drug-likeness (QED) is 0.556. The van der Waals surface area contributed by atoms with Crippen LogP contribution >= 0.6 is 15.9 Å². The number of hydrogen-bond donors (Lipinski definition) is 0. The first-order valence-corrected chi connectivity index (χ1v) is 9.51. The molecule has 5 nitrogen and oxygen atoms in total. The zero-order valence-corrected chi connectivity index (χ0v) is 16.4. The van der Waals surface area contributed by atoms with Gasteiger partial charge in [-0.05, 0) is 52.7 Å². The number of rotatable bonds is 3. The first kappa shape index (κ1) is 18.8. The molecule has 0 saturated carbocycles. The number of benzene rings is 1. The number of halogens is 4. The van der Waals surface area contributed by atoms with Crippen molar-refractivity contribution >= 4 is 21.6 Å². The average Bonchev–Trinajstić information content (AvgIpc) is 2.99. The van der Waals surface area contributed by atoms with E-state index in [-0.39, 0.29) is 6.04 Å². The van der Waals surface area contributed by atoms with Crippen LogP contribution < -0.4 is 0 Å². The fourth-order valence-electron chi connectivity index (χ4n) is 3.27. The predicted molar refractivity (Wildman–Crippen MR) is 102 cm³/mol. The van der Waals surface area contributed by atoms with Crippen molar-refractivity contribution in [1.82, 2.24) is 19.7 Å². The SMILES string of the molecule is CCCC1N=C(c2ccccn2)c2cc(C(F)(F)F)ccc2-n2c(Br)nnc21. The zero-order chi connectivity index (χ0) is 19.9. The summed E-state index contributed by atoms with van der Waals surface area (Å²) in [6.45, 7) is 2.02. The average molecular weight is 450 g/mol. The first-order chi connectivity index (χ1) is 13.4. The minimum atomic E-state index is -4.47. The van der Waals surface area contributed by atoms with Crippen molar-refractivity contribution in [3.63, 3.8) is 0 Å². The molecule has 4 rings (SSSR count). The molecule has 3 heterocycles. The molecule has 0 spiro atoms. The van der Waals surface area contributed by atoms with E-state index < -0.39 is 11.7 Å². The molecule has 1 aromatic carbocycles. The number of aliphatic imine (C=N–C) groups is 1. The number of pyridine rings is 1. The Balaban J connectivity index is 2.04. The molecule has 0 saturated heterocycles. The zero-order valence-electron chi connectivity index (χ0n) is 14.8. The van der Waals surface area contributed by atoms with E-state index in [4.69, 9.17) is 4.99 Å². The largest absolute Gasteiger partial charge is 0.416 e. The van der Waals surface area contributed by atoms with Gasteiger partial charge in [-0.1, -0.05) is 19.4 Å². The van der Waals surface area contributed by atoms with Gasteiger partial charge in [0, 0.05) is 11.8 Å². The lowest BCUT2D eigenvalue weighted by Gasteiger charge is -2.15. The second-order valence-electron chi connectivity index (χ2n) is 6.39. The maximum atomic E-state index is 13.4. The summed E-state index contributed by atoms with van der Waals surface area (Å²) in [5, 5.41) is 8.29. The third-order valence-corrected chi connectivity index (χ3v) is 5.03. The Morgan fingerprint density at radius 3 is 2.64 bits per heavy atom. The molecule has 0 radical (unpaired) electrons. The molecule has 28 heavy (non-hydrogen) atoms. The Labute approximate surface area is 167 Å². The molecular formula is C19H15BrF3N5. The predicted octanol–water partition coefficient (Wildman–Crippen LogP) is 5.14. The summed E-state index contributed by atoms with van der Waals surface area (Å²) in [4.78, 5) is 9.13. The Hall–Kier alpha value is -2.55. The van der Waals surface area contributed by atoms with Crippen molar-refractivity contribution in [2.24, 2.45) is 4.99 Å². The van der Waals surface area contributed by atoms with Crippen molar-refractivity contribution in [3.05, 3.63) is 70.0 Å². The maximum Gasteiger partial charge on any atom is 0.416 e. The van der Waals surface area contributed by atoms with Crippen LogP contribution in [-0.2, 0) is 6.18 Å². The van der Waals surface area contributed by atoms with Gasteiger partial charge in [-0.3, -0.25) is 14.5 Å². The molecule has 0 aliphatic carbocycles. The lowest BCUT2D eigenvalue weighted by molar-refractivity contribution is -0.137. The molecular weight excluding hydrogens is 435 g/mol. The molecule has 0 fully saturated rings. The van der Waals surface area contributed by atoms with Crippen LogP contribution in [0, 0.1) is 0 Å². The van der Waals surface area contributed by atoms with Crippen molar-refractivity contribution in [3.8, 4) is 5.69 Å². The normalized spacial score (nSPS) is 16.2. The van der Waals surface area contributed by atoms with E-state index in [0.29, 0.717) is 39.6 Å². The number of aromatic nitrogens is 4. The maximum absolute atomic E-state index is 13.4. The Bertz CT molecular complexity index is 1040. The van der Waals surface area contributed by atoms with Gasteiger partial charge in [-0.2, -0.15) is 13.2 Å². The molecule has 144 valence electrons. The number of alkyl halides is 3. The highest BCUT2D eigenvalue weighted by Gasteiger charge is 2.34. The van der Waals surface area contributed by atoms with Crippen LogP contribution in [0.2, 0.25) is 0 Å². The molecule has 1 unspecified atom stereocenters. The van der Waals surface area contributed by atoms with Gasteiger partial charge < -0.3 is 0 Å². The lowest BCUT2D eigenvalue weighted by atomic mass is 10.0. The van der Waals surface area contributed by atoms with Crippen LogP contribution in [0.3, 0.4) is 0 Å². The van der Waals surface area contributed by atoms with E-state index in [1.165, 1.54) is 6.07 Å². The van der Waals surface area contributed by atoms with Crippen molar-refractivity contribution in [2.45, 2.75) is 32.0 Å². The van der Waals surface area contributed by atoms with Crippen LogP contribution in [-0.4, -0.2) is 25.5 Å². The van der Waals surface area contributed by atoms with Gasteiger partial charge in [0.15, 0.2) is 5.82 Å². The topological polar surface area (TPSA) is 56.0 Å². The van der Waals surface area contributed by atoms with Gasteiger partial charge in [0.2, 0.25) is 4.73 Å². The van der Waals surface area contributed by atoms with Gasteiger partial charge in [0.05, 0.1) is 22.7 Å². The summed E-state index contributed by atoms with van der Waals surface area (Å²) in [5.74, 6) is 0.584. The molecule has 1 atom stereocenters. The van der Waals surface area contributed by atoms with Crippen molar-refractivity contribution in [2.75, 3.05) is 0 Å². The van der Waals surface area contributed by atoms with Gasteiger partial charge in [0.25, 0.3) is 0 Å². The molecule has 0 amide bonds. The van der Waals surface area contributed by atoms with E-state index in [1.807, 2.05) is 6.92 Å². The molecule has 0 bridgehead atoms. The highest BCUT2D eigenvalue weighted by atomic mass is 79.9. The van der Waals surface area contributed by atoms with Crippen LogP contribution in [0.1, 0.15) is 48.5 Å². The summed E-state index contributed by atoms with van der Waals surface area (Å²) in [6, 6.07) is 8.55. The first-order valence-electron chi connectivity index (χ1n) is 8.72. The third-order valence-electron chi connectivity index (χ3n) is 4.52. The summed E-state index contributed by atoms with van der Waals surface area (Å²) in [7, 11) is 0. The standard InChI is InChI=1S/C19H15BrF3N5/c1-2-5-14-17-26-27-18(20)28(17)15-8-7-11(19(21,22)23)10-12(15)16(25-14)13-6-3-4-9-24-13/h3-4,6-10,14H,2,5H2,1H3. The summed E-state index contributed by atoms with van der Waals surface area (Å²) in [6.07, 6.45) is -1.35. The van der Waals surface area contributed by atoms with E-state index >= 15 is 0 Å². The summed E-state index contributed by atoms with van der Waals surface area (Å²) in [5.41, 5.74) is 1.06. The molecule has 0 N–H and O–H groups in total. The van der Waals surface area contributed by atoms with Gasteiger partial charge in [0.1, 0.15) is 6.04 Å². The lowest BCUT2D eigenvalue weighted by Crippen LogP contribution is -2.13. The molecule has 2 aromatic heterocycles. The number of fused-ring (bicyclic) bond motifs is 3.